The fraction of sp³-hybridized carbons (Fsp3) is 0.0526. The largest absolute Gasteiger partial charge is 0.507 e. The molecular weight excluding hydrogens is 324 g/mol. The summed E-state index contributed by atoms with van der Waals surface area (Å²) in [5, 5.41) is 16.5. The Labute approximate surface area is 144 Å². The number of halogens is 1. The molecule has 120 valence electrons. The van der Waals surface area contributed by atoms with Gasteiger partial charge in [0.25, 0.3) is 0 Å². The van der Waals surface area contributed by atoms with Crippen molar-refractivity contribution in [3.63, 3.8) is 0 Å². The van der Waals surface area contributed by atoms with E-state index in [9.17, 15) is 9.90 Å². The first-order valence-electron chi connectivity index (χ1n) is 7.40. The van der Waals surface area contributed by atoms with Gasteiger partial charge in [0.2, 0.25) is 5.91 Å². The predicted molar refractivity (Wildman–Crippen MR) is 96.5 cm³/mol. The number of phenolic OH excluding ortho intramolecular Hbond substituents is 1. The fourth-order valence-corrected chi connectivity index (χ4v) is 2.54. The summed E-state index contributed by atoms with van der Waals surface area (Å²) in [4.78, 5) is 11.9. The number of nitrogens with zero attached hydrogens (tertiary/aromatic N) is 1. The molecule has 24 heavy (non-hydrogen) atoms. The van der Waals surface area contributed by atoms with Gasteiger partial charge in [-0.25, -0.2) is 5.43 Å². The number of rotatable bonds is 4. The maximum Gasteiger partial charge on any atom is 0.244 e. The molecule has 4 nitrogen and oxygen atoms in total. The summed E-state index contributed by atoms with van der Waals surface area (Å²) < 4.78 is 0. The summed E-state index contributed by atoms with van der Waals surface area (Å²) in [6.07, 6.45) is 1.66. The zero-order chi connectivity index (χ0) is 16.9. The quantitative estimate of drug-likeness (QED) is 0.560. The Hall–Kier alpha value is -2.85. The maximum atomic E-state index is 11.9. The smallest absolute Gasteiger partial charge is 0.244 e. The van der Waals surface area contributed by atoms with E-state index in [0.717, 1.165) is 16.3 Å². The summed E-state index contributed by atoms with van der Waals surface area (Å²) in [7, 11) is 0. The minimum absolute atomic E-state index is 0.115. The number of hydrogen-bond donors (Lipinski definition) is 2. The van der Waals surface area contributed by atoms with Crippen LogP contribution in [0.15, 0.2) is 65.8 Å². The molecule has 0 bridgehead atoms. The summed E-state index contributed by atoms with van der Waals surface area (Å²) in [6, 6.07) is 18.2. The highest BCUT2D eigenvalue weighted by Crippen LogP contribution is 2.25. The number of nitrogens with one attached hydrogen (secondary N) is 1. The van der Waals surface area contributed by atoms with Crippen molar-refractivity contribution in [1.29, 1.82) is 0 Å². The summed E-state index contributed by atoms with van der Waals surface area (Å²) in [5.41, 5.74) is 3.89. The van der Waals surface area contributed by atoms with Crippen LogP contribution in [-0.4, -0.2) is 17.2 Å². The van der Waals surface area contributed by atoms with E-state index in [0.29, 0.717) is 10.6 Å². The second kappa shape index (κ2) is 7.15. The molecule has 0 fully saturated rings. The number of amides is 1. The van der Waals surface area contributed by atoms with Crippen molar-refractivity contribution in [3.8, 4) is 5.75 Å². The number of aromatic hydroxyl groups is 1. The third kappa shape index (κ3) is 3.73. The normalized spacial score (nSPS) is 11.0. The topological polar surface area (TPSA) is 61.7 Å². The lowest BCUT2D eigenvalue weighted by atomic mass is 10.0. The number of phenols is 1. The summed E-state index contributed by atoms with van der Waals surface area (Å²) in [5.74, 6) is -0.127. The second-order valence-electron chi connectivity index (χ2n) is 5.32. The molecule has 0 aliphatic rings. The molecule has 0 aliphatic heterocycles. The molecule has 5 heteroatoms. The van der Waals surface area contributed by atoms with Crippen molar-refractivity contribution >= 4 is 34.5 Å². The minimum Gasteiger partial charge on any atom is -0.507 e. The molecule has 0 aliphatic carbocycles. The van der Waals surface area contributed by atoms with Gasteiger partial charge in [0.15, 0.2) is 0 Å². The molecule has 0 heterocycles. The van der Waals surface area contributed by atoms with Gasteiger partial charge in [-0.2, -0.15) is 5.10 Å². The SMILES string of the molecule is O=C(Cc1ccc(Cl)cc1)N/N=C\c1c(O)ccc2ccccc12. The van der Waals surface area contributed by atoms with Crippen LogP contribution in [-0.2, 0) is 11.2 Å². The molecule has 0 aromatic heterocycles. The zero-order valence-electron chi connectivity index (χ0n) is 12.7. The van der Waals surface area contributed by atoms with Gasteiger partial charge in [0.05, 0.1) is 12.6 Å². The van der Waals surface area contributed by atoms with Gasteiger partial charge in [-0.3, -0.25) is 4.79 Å². The lowest BCUT2D eigenvalue weighted by Gasteiger charge is -2.05. The first-order chi connectivity index (χ1) is 11.6. The van der Waals surface area contributed by atoms with Crippen LogP contribution in [0.1, 0.15) is 11.1 Å². The van der Waals surface area contributed by atoms with E-state index >= 15 is 0 Å². The molecule has 2 N–H and O–H groups in total. The highest BCUT2D eigenvalue weighted by molar-refractivity contribution is 6.30. The van der Waals surface area contributed by atoms with E-state index in [-0.39, 0.29) is 18.1 Å². The van der Waals surface area contributed by atoms with Gasteiger partial charge in [0, 0.05) is 10.6 Å². The van der Waals surface area contributed by atoms with Crippen LogP contribution in [0.25, 0.3) is 10.8 Å². The monoisotopic (exact) mass is 338 g/mol. The number of carbonyl (C=O) groups is 1. The average Bonchev–Trinajstić information content (AvgIpc) is 2.59. The number of fused-ring (bicyclic) bond motifs is 1. The maximum absolute atomic E-state index is 11.9. The molecule has 0 saturated carbocycles. The van der Waals surface area contributed by atoms with Gasteiger partial charge < -0.3 is 5.11 Å². The lowest BCUT2D eigenvalue weighted by Crippen LogP contribution is -2.19. The van der Waals surface area contributed by atoms with Crippen LogP contribution in [0.2, 0.25) is 5.02 Å². The summed E-state index contributed by atoms with van der Waals surface area (Å²) in [6.45, 7) is 0. The van der Waals surface area contributed by atoms with E-state index in [2.05, 4.69) is 10.5 Å². The third-order valence-electron chi connectivity index (χ3n) is 3.61. The van der Waals surface area contributed by atoms with Crippen LogP contribution < -0.4 is 5.43 Å². The first kappa shape index (κ1) is 16.0. The van der Waals surface area contributed by atoms with Crippen LogP contribution in [0.3, 0.4) is 0 Å². The van der Waals surface area contributed by atoms with Gasteiger partial charge in [-0.05, 0) is 34.5 Å². The lowest BCUT2D eigenvalue weighted by molar-refractivity contribution is -0.120. The summed E-state index contributed by atoms with van der Waals surface area (Å²) >= 11 is 5.81. The number of hydrazone groups is 1. The van der Waals surface area contributed by atoms with Crippen molar-refractivity contribution in [3.05, 3.63) is 76.8 Å². The number of benzene rings is 3. The Morgan fingerprint density at radius 2 is 1.83 bits per heavy atom. The van der Waals surface area contributed by atoms with Gasteiger partial charge in [0.1, 0.15) is 5.75 Å². The average molecular weight is 339 g/mol. The van der Waals surface area contributed by atoms with Crippen LogP contribution in [0.5, 0.6) is 5.75 Å². The molecular formula is C19H15ClN2O2. The fourth-order valence-electron chi connectivity index (χ4n) is 2.42. The number of hydrogen-bond acceptors (Lipinski definition) is 3. The molecule has 1 amide bonds. The van der Waals surface area contributed by atoms with Crippen molar-refractivity contribution in [1.82, 2.24) is 5.43 Å². The van der Waals surface area contributed by atoms with Crippen molar-refractivity contribution in [2.75, 3.05) is 0 Å². The Balaban J connectivity index is 1.71. The van der Waals surface area contributed by atoms with E-state index in [4.69, 9.17) is 11.6 Å². The first-order valence-corrected chi connectivity index (χ1v) is 7.78. The molecule has 0 saturated heterocycles. The molecule has 3 aromatic carbocycles. The molecule has 3 rings (SSSR count). The molecule has 0 radical (unpaired) electrons. The Morgan fingerprint density at radius 3 is 2.62 bits per heavy atom. The molecule has 0 spiro atoms. The van der Waals surface area contributed by atoms with Crippen molar-refractivity contribution in [2.24, 2.45) is 5.10 Å². The van der Waals surface area contributed by atoms with Gasteiger partial charge in [-0.15, -0.1) is 0 Å². The number of carbonyl (C=O) groups excluding carboxylic acids is 1. The molecule has 0 unspecified atom stereocenters. The molecule has 3 aromatic rings. The van der Waals surface area contributed by atoms with E-state index < -0.39 is 0 Å². The Bertz CT molecular complexity index is 905. The van der Waals surface area contributed by atoms with E-state index in [1.807, 2.05) is 30.3 Å². The van der Waals surface area contributed by atoms with E-state index in [1.165, 1.54) is 6.21 Å². The Morgan fingerprint density at radius 1 is 1.08 bits per heavy atom. The minimum atomic E-state index is -0.242. The highest BCUT2D eigenvalue weighted by atomic mass is 35.5. The van der Waals surface area contributed by atoms with Crippen LogP contribution >= 0.6 is 11.6 Å². The zero-order valence-corrected chi connectivity index (χ0v) is 13.5. The highest BCUT2D eigenvalue weighted by Gasteiger charge is 2.05. The second-order valence-corrected chi connectivity index (χ2v) is 5.75. The van der Waals surface area contributed by atoms with Gasteiger partial charge >= 0.3 is 0 Å². The standard InChI is InChI=1S/C19H15ClN2O2/c20-15-8-5-13(6-9-15)11-19(24)22-21-12-17-16-4-2-1-3-14(16)7-10-18(17)23/h1-10,12,23H,11H2,(H,22,24)/b21-12-. The predicted octanol–water partition coefficient (Wildman–Crippen LogP) is 3.89. The van der Waals surface area contributed by atoms with Crippen LogP contribution in [0.4, 0.5) is 0 Å². The molecule has 0 atom stereocenters. The van der Waals surface area contributed by atoms with Crippen LogP contribution in [0, 0.1) is 0 Å². The van der Waals surface area contributed by atoms with Gasteiger partial charge in [-0.1, -0.05) is 54.1 Å². The van der Waals surface area contributed by atoms with E-state index in [1.54, 1.807) is 30.3 Å². The van der Waals surface area contributed by atoms with Crippen molar-refractivity contribution in [2.45, 2.75) is 6.42 Å². The Kier molecular flexibility index (Phi) is 4.77. The third-order valence-corrected chi connectivity index (χ3v) is 3.86. The van der Waals surface area contributed by atoms with Crippen molar-refractivity contribution < 1.29 is 9.90 Å².